The number of hydrogen-bond donors (Lipinski definition) is 0. The van der Waals surface area contributed by atoms with Gasteiger partial charge in [-0.1, -0.05) is 0 Å². The third kappa shape index (κ3) is 3.59. The number of anilines is 1. The van der Waals surface area contributed by atoms with Gasteiger partial charge in [0.25, 0.3) is 5.79 Å². The number of aldehydes is 1. The summed E-state index contributed by atoms with van der Waals surface area (Å²) in [6, 6.07) is 3.17. The third-order valence-corrected chi connectivity index (χ3v) is 5.68. The zero-order valence-corrected chi connectivity index (χ0v) is 18.3. The van der Waals surface area contributed by atoms with Gasteiger partial charge in [0.05, 0.1) is 35.6 Å². The number of ether oxygens (including phenoxy) is 5. The molecule has 2 aliphatic heterocycles. The maximum atomic E-state index is 12.1. The minimum absolute atomic E-state index is 0.247. The molecular weight excluding hydrogens is 485 g/mol. The van der Waals surface area contributed by atoms with Gasteiger partial charge in [0.15, 0.2) is 18.2 Å². The SMILES string of the molecule is COC(=O)c1cc(OC)c(I)c(N2C[C@@H]3OC(C)(C)O[C@@H]3[C@](C=O)(OC)O2)c1. The van der Waals surface area contributed by atoms with Crippen LogP contribution in [-0.4, -0.2) is 63.9 Å². The van der Waals surface area contributed by atoms with Gasteiger partial charge in [0.1, 0.15) is 11.9 Å². The number of esters is 1. The van der Waals surface area contributed by atoms with Gasteiger partial charge in [-0.15, -0.1) is 0 Å². The second kappa shape index (κ2) is 7.75. The quantitative estimate of drug-likeness (QED) is 0.337. The Kier molecular flexibility index (Phi) is 5.88. The van der Waals surface area contributed by atoms with Crippen LogP contribution in [0.5, 0.6) is 5.75 Å². The van der Waals surface area contributed by atoms with Gasteiger partial charge in [0, 0.05) is 7.11 Å². The summed E-state index contributed by atoms with van der Waals surface area (Å²) in [6.07, 6.45) is -0.697. The number of hydroxylamine groups is 1. The fourth-order valence-electron chi connectivity index (χ4n) is 3.32. The molecule has 0 spiro atoms. The molecule has 3 atom stereocenters. The van der Waals surface area contributed by atoms with Gasteiger partial charge in [-0.05, 0) is 48.6 Å². The maximum absolute atomic E-state index is 12.1. The molecule has 1 aromatic carbocycles. The van der Waals surface area contributed by atoms with Crippen molar-refractivity contribution in [2.75, 3.05) is 32.9 Å². The van der Waals surface area contributed by atoms with Crippen LogP contribution in [0.25, 0.3) is 0 Å². The summed E-state index contributed by atoms with van der Waals surface area (Å²) in [6.45, 7) is 3.76. The number of rotatable bonds is 5. The summed E-state index contributed by atoms with van der Waals surface area (Å²) >= 11 is 2.08. The molecule has 2 aliphatic rings. The molecule has 3 rings (SSSR count). The summed E-state index contributed by atoms with van der Waals surface area (Å²) in [4.78, 5) is 30.0. The van der Waals surface area contributed by atoms with Crippen LogP contribution >= 0.6 is 22.6 Å². The Labute approximate surface area is 176 Å². The highest BCUT2D eigenvalue weighted by Crippen LogP contribution is 2.43. The van der Waals surface area contributed by atoms with Crippen molar-refractivity contribution < 1.29 is 38.1 Å². The molecule has 0 saturated carbocycles. The highest BCUT2D eigenvalue weighted by molar-refractivity contribution is 14.1. The zero-order chi connectivity index (χ0) is 20.7. The molecule has 9 nitrogen and oxygen atoms in total. The Hall–Kier alpha value is -1.47. The monoisotopic (exact) mass is 507 g/mol. The van der Waals surface area contributed by atoms with E-state index in [0.717, 1.165) is 0 Å². The first-order valence-electron chi connectivity index (χ1n) is 8.50. The van der Waals surface area contributed by atoms with E-state index >= 15 is 0 Å². The molecule has 0 aliphatic carbocycles. The molecule has 0 unspecified atom stereocenters. The molecule has 0 N–H and O–H groups in total. The van der Waals surface area contributed by atoms with E-state index in [1.165, 1.54) is 26.4 Å². The number of nitrogens with zero attached hydrogens (tertiary/aromatic N) is 1. The van der Waals surface area contributed by atoms with Gasteiger partial charge in [-0.25, -0.2) is 14.7 Å². The van der Waals surface area contributed by atoms with Crippen LogP contribution < -0.4 is 9.80 Å². The second-order valence-corrected chi connectivity index (χ2v) is 7.87. The Morgan fingerprint density at radius 3 is 2.57 bits per heavy atom. The molecular formula is C18H22INO8. The molecule has 2 saturated heterocycles. The van der Waals surface area contributed by atoms with Crippen LogP contribution in [-0.2, 0) is 28.6 Å². The first-order chi connectivity index (χ1) is 13.2. The predicted octanol–water partition coefficient (Wildman–Crippen LogP) is 1.90. The van der Waals surface area contributed by atoms with Gasteiger partial charge in [0.2, 0.25) is 0 Å². The maximum Gasteiger partial charge on any atom is 0.338 e. The molecule has 10 heteroatoms. The van der Waals surface area contributed by atoms with Crippen molar-refractivity contribution in [1.82, 2.24) is 0 Å². The van der Waals surface area contributed by atoms with E-state index in [-0.39, 0.29) is 12.1 Å². The lowest BCUT2D eigenvalue weighted by Gasteiger charge is -2.43. The number of carbonyl (C=O) groups excluding carboxylic acids is 2. The predicted molar refractivity (Wildman–Crippen MR) is 105 cm³/mol. The van der Waals surface area contributed by atoms with E-state index < -0.39 is 29.8 Å². The van der Waals surface area contributed by atoms with Crippen molar-refractivity contribution in [2.24, 2.45) is 0 Å². The molecule has 0 radical (unpaired) electrons. The Balaban J connectivity index is 2.06. The van der Waals surface area contributed by atoms with Crippen LogP contribution in [0.3, 0.4) is 0 Å². The lowest BCUT2D eigenvalue weighted by molar-refractivity contribution is -0.278. The van der Waals surface area contributed by atoms with Crippen LogP contribution in [0.4, 0.5) is 5.69 Å². The van der Waals surface area contributed by atoms with E-state index in [9.17, 15) is 9.59 Å². The lowest BCUT2D eigenvalue weighted by Crippen LogP contribution is -2.63. The highest BCUT2D eigenvalue weighted by atomic mass is 127. The molecule has 154 valence electrons. The van der Waals surface area contributed by atoms with Gasteiger partial charge < -0.3 is 23.7 Å². The number of benzene rings is 1. The average molecular weight is 507 g/mol. The van der Waals surface area contributed by atoms with Gasteiger partial charge >= 0.3 is 5.97 Å². The fraction of sp³-hybridized carbons (Fsp3) is 0.556. The van der Waals surface area contributed by atoms with Crippen LogP contribution in [0.1, 0.15) is 24.2 Å². The van der Waals surface area contributed by atoms with Crippen molar-refractivity contribution in [3.63, 3.8) is 0 Å². The van der Waals surface area contributed by atoms with Crippen LogP contribution in [0.15, 0.2) is 12.1 Å². The topological polar surface area (TPSA) is 92.8 Å². The van der Waals surface area contributed by atoms with E-state index in [4.69, 9.17) is 28.5 Å². The standard InChI is InChI=1S/C18H22INO8/c1-17(2)26-13-8-20(28-18(9-21,25-5)15(13)27-17)11-6-10(16(22)24-4)7-12(23-3)14(11)19/h6-7,9,13,15H,8H2,1-5H3/t13-,15-,18+/m0/s1. The molecule has 1 aromatic rings. The van der Waals surface area contributed by atoms with E-state index in [1.54, 1.807) is 26.0 Å². The fourth-order valence-corrected chi connectivity index (χ4v) is 4.12. The molecule has 28 heavy (non-hydrogen) atoms. The molecule has 2 fully saturated rings. The highest BCUT2D eigenvalue weighted by Gasteiger charge is 2.59. The summed E-state index contributed by atoms with van der Waals surface area (Å²) in [5.41, 5.74) is 0.786. The summed E-state index contributed by atoms with van der Waals surface area (Å²) < 4.78 is 28.1. The average Bonchev–Trinajstić information content (AvgIpc) is 3.00. The number of fused-ring (bicyclic) bond motifs is 1. The first-order valence-corrected chi connectivity index (χ1v) is 9.57. The smallest absolute Gasteiger partial charge is 0.338 e. The Morgan fingerprint density at radius 2 is 2.00 bits per heavy atom. The second-order valence-electron chi connectivity index (χ2n) is 6.79. The lowest BCUT2D eigenvalue weighted by atomic mass is 10.0. The van der Waals surface area contributed by atoms with E-state index in [0.29, 0.717) is 21.3 Å². The summed E-state index contributed by atoms with van der Waals surface area (Å²) in [5, 5.41) is 1.46. The van der Waals surface area contributed by atoms with Crippen molar-refractivity contribution >= 4 is 40.5 Å². The number of hydrogen-bond acceptors (Lipinski definition) is 9. The minimum atomic E-state index is -1.70. The molecule has 0 bridgehead atoms. The molecule has 0 amide bonds. The van der Waals surface area contributed by atoms with Crippen LogP contribution in [0.2, 0.25) is 0 Å². The minimum Gasteiger partial charge on any atom is -0.496 e. The Bertz CT molecular complexity index is 785. The van der Waals surface area contributed by atoms with Crippen LogP contribution in [0, 0.1) is 3.57 Å². The molecule has 2 heterocycles. The zero-order valence-electron chi connectivity index (χ0n) is 16.2. The van der Waals surface area contributed by atoms with Crippen molar-refractivity contribution in [1.29, 1.82) is 0 Å². The third-order valence-electron chi connectivity index (χ3n) is 4.59. The number of halogens is 1. The van der Waals surface area contributed by atoms with Crippen molar-refractivity contribution in [2.45, 2.75) is 37.6 Å². The number of carbonyl (C=O) groups is 2. The van der Waals surface area contributed by atoms with E-state index in [2.05, 4.69) is 22.6 Å². The summed E-state index contributed by atoms with van der Waals surface area (Å²) in [7, 11) is 4.15. The van der Waals surface area contributed by atoms with Crippen molar-refractivity contribution in [3.8, 4) is 5.75 Å². The normalized spacial score (nSPS) is 28.6. The largest absolute Gasteiger partial charge is 0.496 e. The molecule has 0 aromatic heterocycles. The summed E-state index contributed by atoms with van der Waals surface area (Å²) in [5.74, 6) is -2.67. The Morgan fingerprint density at radius 1 is 1.29 bits per heavy atom. The first kappa shape index (κ1) is 21.2. The van der Waals surface area contributed by atoms with Gasteiger partial charge in [-0.2, -0.15) is 0 Å². The van der Waals surface area contributed by atoms with E-state index in [1.807, 2.05) is 0 Å². The van der Waals surface area contributed by atoms with Crippen molar-refractivity contribution in [3.05, 3.63) is 21.3 Å². The van der Waals surface area contributed by atoms with Gasteiger partial charge in [-0.3, -0.25) is 4.79 Å². The number of methoxy groups -OCH3 is 3.